The summed E-state index contributed by atoms with van der Waals surface area (Å²) in [5.41, 5.74) is 2.84. The average Bonchev–Trinajstić information content (AvgIpc) is 2.45. The van der Waals surface area contributed by atoms with Crippen LogP contribution in [0.3, 0.4) is 0 Å². The standard InChI is InChI=1S/C20H23Cl2N/c1-14(2)20(3)12-23(13-20)19(15-7-5-4-6-8-15)16-9-17(21)11-18(22)10-16/h4-11,14,19H,12-13H2,1-3H3/t19-/m1/s1. The van der Waals surface area contributed by atoms with Crippen LogP contribution in [0, 0.1) is 11.3 Å². The topological polar surface area (TPSA) is 3.24 Å². The number of nitrogens with zero attached hydrogens (tertiary/aromatic N) is 1. The van der Waals surface area contributed by atoms with Gasteiger partial charge in [-0.25, -0.2) is 0 Å². The lowest BCUT2D eigenvalue weighted by atomic mass is 9.71. The Morgan fingerprint density at radius 2 is 1.48 bits per heavy atom. The molecule has 0 aliphatic carbocycles. The van der Waals surface area contributed by atoms with Crippen molar-refractivity contribution >= 4 is 23.2 Å². The van der Waals surface area contributed by atoms with Crippen molar-refractivity contribution < 1.29 is 0 Å². The normalized spacial score (nSPS) is 18.7. The highest BCUT2D eigenvalue weighted by atomic mass is 35.5. The number of hydrogen-bond donors (Lipinski definition) is 0. The minimum atomic E-state index is 0.208. The van der Waals surface area contributed by atoms with Crippen LogP contribution in [0.25, 0.3) is 0 Å². The summed E-state index contributed by atoms with van der Waals surface area (Å²) in [7, 11) is 0. The van der Waals surface area contributed by atoms with Crippen LogP contribution in [0.1, 0.15) is 37.9 Å². The van der Waals surface area contributed by atoms with E-state index in [9.17, 15) is 0 Å². The molecule has 122 valence electrons. The molecule has 0 saturated carbocycles. The molecule has 3 rings (SSSR count). The van der Waals surface area contributed by atoms with Gasteiger partial charge >= 0.3 is 0 Å². The van der Waals surface area contributed by atoms with Crippen LogP contribution in [0.2, 0.25) is 10.0 Å². The number of halogens is 2. The van der Waals surface area contributed by atoms with Crippen molar-refractivity contribution in [3.63, 3.8) is 0 Å². The molecule has 0 spiro atoms. The van der Waals surface area contributed by atoms with Crippen molar-refractivity contribution in [1.82, 2.24) is 4.90 Å². The predicted octanol–water partition coefficient (Wildman–Crippen LogP) is 6.06. The third-order valence-corrected chi connectivity index (χ3v) is 5.64. The van der Waals surface area contributed by atoms with Crippen LogP contribution in [0.15, 0.2) is 48.5 Å². The van der Waals surface area contributed by atoms with Gasteiger partial charge < -0.3 is 0 Å². The highest BCUT2D eigenvalue weighted by molar-refractivity contribution is 6.34. The monoisotopic (exact) mass is 347 g/mol. The Balaban J connectivity index is 1.96. The van der Waals surface area contributed by atoms with Crippen LogP contribution in [-0.4, -0.2) is 18.0 Å². The van der Waals surface area contributed by atoms with Gasteiger partial charge in [-0.3, -0.25) is 4.90 Å². The molecule has 2 aromatic rings. The molecule has 0 aromatic heterocycles. The molecule has 0 radical (unpaired) electrons. The molecule has 0 N–H and O–H groups in total. The molecule has 1 atom stereocenters. The van der Waals surface area contributed by atoms with Crippen molar-refractivity contribution in [2.45, 2.75) is 26.8 Å². The van der Waals surface area contributed by atoms with Gasteiger partial charge in [-0.15, -0.1) is 0 Å². The third-order valence-electron chi connectivity index (χ3n) is 5.20. The number of hydrogen-bond acceptors (Lipinski definition) is 1. The summed E-state index contributed by atoms with van der Waals surface area (Å²) in [6.07, 6.45) is 0. The largest absolute Gasteiger partial charge is 0.291 e. The van der Waals surface area contributed by atoms with E-state index in [0.717, 1.165) is 13.1 Å². The second-order valence-electron chi connectivity index (χ2n) is 7.23. The first-order chi connectivity index (χ1) is 10.9. The summed E-state index contributed by atoms with van der Waals surface area (Å²) < 4.78 is 0. The molecule has 2 aromatic carbocycles. The first-order valence-electron chi connectivity index (χ1n) is 8.14. The summed E-state index contributed by atoms with van der Waals surface area (Å²) >= 11 is 12.5. The SMILES string of the molecule is CC(C)C1(C)CN([C@H](c2ccccc2)c2cc(Cl)cc(Cl)c2)C1. The maximum absolute atomic E-state index is 6.25. The van der Waals surface area contributed by atoms with Gasteiger partial charge in [0.2, 0.25) is 0 Å². The molecule has 1 aliphatic rings. The Hall–Kier alpha value is -1.02. The smallest absolute Gasteiger partial charge is 0.0603 e. The summed E-state index contributed by atoms with van der Waals surface area (Å²) in [5, 5.41) is 1.39. The molecule has 0 amide bonds. The molecule has 0 unspecified atom stereocenters. The lowest BCUT2D eigenvalue weighted by molar-refractivity contribution is -0.0404. The molecule has 1 heterocycles. The molecular formula is C20H23Cl2N. The lowest BCUT2D eigenvalue weighted by Gasteiger charge is -2.54. The fourth-order valence-corrected chi connectivity index (χ4v) is 3.95. The van der Waals surface area contributed by atoms with Crippen molar-refractivity contribution in [3.8, 4) is 0 Å². The van der Waals surface area contributed by atoms with E-state index in [0.29, 0.717) is 21.4 Å². The lowest BCUT2D eigenvalue weighted by Crippen LogP contribution is -2.58. The zero-order valence-corrected chi connectivity index (χ0v) is 15.4. The number of likely N-dealkylation sites (tertiary alicyclic amines) is 1. The number of rotatable bonds is 4. The van der Waals surface area contributed by atoms with E-state index in [1.54, 1.807) is 6.07 Å². The van der Waals surface area contributed by atoms with Gasteiger partial charge in [0, 0.05) is 23.1 Å². The van der Waals surface area contributed by atoms with E-state index >= 15 is 0 Å². The highest BCUT2D eigenvalue weighted by Crippen LogP contribution is 2.44. The van der Waals surface area contributed by atoms with E-state index in [1.807, 2.05) is 12.1 Å². The Labute approximate surface area is 149 Å². The van der Waals surface area contributed by atoms with Crippen molar-refractivity contribution in [2.24, 2.45) is 11.3 Å². The van der Waals surface area contributed by atoms with Crippen molar-refractivity contribution in [3.05, 3.63) is 69.7 Å². The highest BCUT2D eigenvalue weighted by Gasteiger charge is 2.44. The van der Waals surface area contributed by atoms with Gasteiger partial charge in [0.1, 0.15) is 0 Å². The van der Waals surface area contributed by atoms with E-state index in [-0.39, 0.29) is 6.04 Å². The van der Waals surface area contributed by atoms with Gasteiger partial charge in [-0.2, -0.15) is 0 Å². The van der Waals surface area contributed by atoms with E-state index in [2.05, 4.69) is 56.0 Å². The summed E-state index contributed by atoms with van der Waals surface area (Å²) in [6.45, 7) is 9.18. The molecular weight excluding hydrogens is 325 g/mol. The van der Waals surface area contributed by atoms with Crippen LogP contribution < -0.4 is 0 Å². The summed E-state index contributed by atoms with van der Waals surface area (Å²) in [5.74, 6) is 0.679. The summed E-state index contributed by atoms with van der Waals surface area (Å²) in [6, 6.07) is 16.7. The molecule has 1 nitrogen and oxygen atoms in total. The van der Waals surface area contributed by atoms with Gasteiger partial charge in [0.25, 0.3) is 0 Å². The number of benzene rings is 2. The van der Waals surface area contributed by atoms with Crippen LogP contribution in [0.4, 0.5) is 0 Å². The van der Waals surface area contributed by atoms with Gasteiger partial charge in [0.05, 0.1) is 6.04 Å². The molecule has 1 saturated heterocycles. The Morgan fingerprint density at radius 1 is 0.913 bits per heavy atom. The van der Waals surface area contributed by atoms with Crippen molar-refractivity contribution in [2.75, 3.05) is 13.1 Å². The van der Waals surface area contributed by atoms with E-state index < -0.39 is 0 Å². The second-order valence-corrected chi connectivity index (χ2v) is 8.10. The molecule has 0 bridgehead atoms. The van der Waals surface area contributed by atoms with Gasteiger partial charge in [-0.1, -0.05) is 74.3 Å². The Kier molecular flexibility index (Phi) is 4.73. The minimum absolute atomic E-state index is 0.208. The van der Waals surface area contributed by atoms with E-state index in [1.165, 1.54) is 11.1 Å². The van der Waals surface area contributed by atoms with Crippen LogP contribution >= 0.6 is 23.2 Å². The minimum Gasteiger partial charge on any atom is -0.291 e. The maximum Gasteiger partial charge on any atom is 0.0603 e. The first-order valence-corrected chi connectivity index (χ1v) is 8.90. The van der Waals surface area contributed by atoms with Crippen LogP contribution in [-0.2, 0) is 0 Å². The molecule has 3 heteroatoms. The predicted molar refractivity (Wildman–Crippen MR) is 99.3 cm³/mol. The van der Waals surface area contributed by atoms with Gasteiger partial charge in [0.15, 0.2) is 0 Å². The zero-order valence-electron chi connectivity index (χ0n) is 13.9. The third kappa shape index (κ3) is 3.42. The van der Waals surface area contributed by atoms with Crippen LogP contribution in [0.5, 0.6) is 0 Å². The quantitative estimate of drug-likeness (QED) is 0.649. The molecule has 1 fully saturated rings. The molecule has 23 heavy (non-hydrogen) atoms. The summed E-state index contributed by atoms with van der Waals surface area (Å²) in [4.78, 5) is 2.53. The fourth-order valence-electron chi connectivity index (χ4n) is 3.41. The van der Waals surface area contributed by atoms with E-state index in [4.69, 9.17) is 23.2 Å². The second kappa shape index (κ2) is 6.47. The fraction of sp³-hybridized carbons (Fsp3) is 0.400. The first kappa shape index (κ1) is 16.8. The van der Waals surface area contributed by atoms with Crippen molar-refractivity contribution in [1.29, 1.82) is 0 Å². The molecule has 1 aliphatic heterocycles. The average molecular weight is 348 g/mol. The maximum atomic E-state index is 6.25. The Morgan fingerprint density at radius 3 is 2.00 bits per heavy atom. The Bertz CT molecular complexity index is 655. The van der Waals surface area contributed by atoms with Gasteiger partial charge in [-0.05, 0) is 40.7 Å². The zero-order chi connectivity index (χ0) is 16.6.